The van der Waals surface area contributed by atoms with Gasteiger partial charge in [0.05, 0.1) is 47.8 Å². The smallest absolute Gasteiger partial charge is 0.284 e. The van der Waals surface area contributed by atoms with Crippen molar-refractivity contribution in [3.8, 4) is 0 Å². The summed E-state index contributed by atoms with van der Waals surface area (Å²) < 4.78 is 48.9. The van der Waals surface area contributed by atoms with Crippen LogP contribution in [-0.4, -0.2) is 123 Å². The van der Waals surface area contributed by atoms with E-state index in [0.29, 0.717) is 69.7 Å². The van der Waals surface area contributed by atoms with Crippen molar-refractivity contribution in [2.24, 2.45) is 5.92 Å². The summed E-state index contributed by atoms with van der Waals surface area (Å²) in [7, 11) is 0. The Morgan fingerprint density at radius 1 is 0.968 bits per heavy atom. The van der Waals surface area contributed by atoms with E-state index in [1.54, 1.807) is 29.1 Å². The first kappa shape index (κ1) is 41.5. The Hall–Kier alpha value is -5.86. The van der Waals surface area contributed by atoms with Crippen molar-refractivity contribution in [3.05, 3.63) is 65.2 Å². The van der Waals surface area contributed by atoms with Crippen LogP contribution in [0.2, 0.25) is 0 Å². The molecule has 328 valence electrons. The van der Waals surface area contributed by atoms with E-state index in [1.807, 2.05) is 6.07 Å². The van der Waals surface area contributed by atoms with E-state index in [1.165, 1.54) is 16.9 Å². The minimum atomic E-state index is -2.88. The molecular weight excluding hydrogens is 811 g/mol. The van der Waals surface area contributed by atoms with Gasteiger partial charge < -0.3 is 29.7 Å². The summed E-state index contributed by atoms with van der Waals surface area (Å²) in [6.45, 7) is 3.96. The largest absolute Gasteiger partial charge is 0.384 e. The fraction of sp³-hybridized carbons (Fsp3) is 0.524. The number of imide groups is 2. The molecule has 62 heavy (non-hydrogen) atoms. The van der Waals surface area contributed by atoms with Crippen LogP contribution in [0.25, 0.3) is 5.65 Å². The summed E-state index contributed by atoms with van der Waals surface area (Å²) >= 11 is 0. The number of nitrogens with zero attached hydrogens (tertiary/aromatic N) is 7. The number of fused-ring (bicyclic) bond motifs is 4. The zero-order valence-corrected chi connectivity index (χ0v) is 34.0. The molecule has 5 aliphatic rings. The second-order valence-electron chi connectivity index (χ2n) is 16.4. The van der Waals surface area contributed by atoms with E-state index < -0.39 is 47.7 Å². The number of aromatic nitrogens is 5. The van der Waals surface area contributed by atoms with Crippen LogP contribution >= 0.6 is 0 Å². The number of ether oxygens (including phenoxy) is 3. The number of morpholine rings is 1. The fourth-order valence-electron chi connectivity index (χ4n) is 9.15. The molecule has 5 amide bonds. The third-order valence-corrected chi connectivity index (χ3v) is 12.4. The number of amides is 5. The zero-order chi connectivity index (χ0) is 42.9. The first-order valence-electron chi connectivity index (χ1n) is 21.3. The molecule has 3 saturated heterocycles. The molecule has 0 radical (unpaired) electrons. The van der Waals surface area contributed by atoms with Crippen LogP contribution in [0, 0.1) is 5.92 Å². The van der Waals surface area contributed by atoms with Crippen LogP contribution < -0.4 is 20.9 Å². The van der Waals surface area contributed by atoms with Gasteiger partial charge in [-0.1, -0.05) is 6.07 Å². The molecule has 3 N–H and O–H groups in total. The van der Waals surface area contributed by atoms with Crippen molar-refractivity contribution in [3.63, 3.8) is 0 Å². The highest BCUT2D eigenvalue weighted by molar-refractivity contribution is 6.25. The maximum Gasteiger partial charge on any atom is 0.284 e. The summed E-state index contributed by atoms with van der Waals surface area (Å²) in [5.74, 6) is -1.72. The van der Waals surface area contributed by atoms with Crippen LogP contribution in [0.4, 0.5) is 26.0 Å². The summed E-state index contributed by atoms with van der Waals surface area (Å²) in [6.07, 6.45) is 7.53. The van der Waals surface area contributed by atoms with Crippen molar-refractivity contribution >= 4 is 52.4 Å². The Balaban J connectivity index is 0.675. The molecular formula is C42H48F2N10O8. The minimum Gasteiger partial charge on any atom is -0.384 e. The lowest BCUT2D eigenvalue weighted by Gasteiger charge is -2.28. The summed E-state index contributed by atoms with van der Waals surface area (Å²) in [4.78, 5) is 71.6. The highest BCUT2D eigenvalue weighted by atomic mass is 19.3. The van der Waals surface area contributed by atoms with Crippen molar-refractivity contribution in [2.45, 2.75) is 88.4 Å². The highest BCUT2D eigenvalue weighted by Crippen LogP contribution is 2.36. The normalized spacial score (nSPS) is 23.5. The van der Waals surface area contributed by atoms with Gasteiger partial charge in [-0.05, 0) is 75.5 Å². The summed E-state index contributed by atoms with van der Waals surface area (Å²) in [5.41, 5.74) is 0.946. The van der Waals surface area contributed by atoms with Crippen LogP contribution in [-0.2, 0) is 23.8 Å². The molecule has 1 aliphatic carbocycles. The number of carbonyl (C=O) groups is 5. The van der Waals surface area contributed by atoms with Gasteiger partial charge in [-0.15, -0.1) is 0 Å². The third kappa shape index (κ3) is 8.37. The van der Waals surface area contributed by atoms with E-state index >= 15 is 0 Å². The molecule has 2 bridgehead atoms. The molecule has 20 heteroatoms. The van der Waals surface area contributed by atoms with Crippen molar-refractivity contribution in [1.29, 1.82) is 0 Å². The molecule has 1 saturated carbocycles. The average molecular weight is 859 g/mol. The lowest BCUT2D eigenvalue weighted by Crippen LogP contribution is -2.54. The predicted octanol–water partition coefficient (Wildman–Crippen LogP) is 4.15. The molecule has 4 aromatic rings. The molecule has 3 atom stereocenters. The number of piperidine rings is 1. The van der Waals surface area contributed by atoms with Crippen molar-refractivity contribution < 1.29 is 47.0 Å². The van der Waals surface area contributed by atoms with E-state index in [9.17, 15) is 32.8 Å². The number of carbonyl (C=O) groups excluding carboxylic acids is 5. The Kier molecular flexibility index (Phi) is 11.9. The SMILES string of the molecule is O=C1CCC(N2C(=O)c3cccc(NCCCOCCCOC[C@H]4CC[C@H](n5cc(NC(=O)c6cnn7ccc(N8C[C@H]9C[C@@H]8CO9)nc67)c(C(F)F)n5)CC4)c3C2=O)C(=O)N1. The van der Waals surface area contributed by atoms with Crippen LogP contribution in [0.3, 0.4) is 0 Å². The van der Waals surface area contributed by atoms with Gasteiger partial charge in [0.2, 0.25) is 11.8 Å². The van der Waals surface area contributed by atoms with E-state index in [0.717, 1.165) is 49.4 Å². The summed E-state index contributed by atoms with van der Waals surface area (Å²) in [6, 6.07) is 5.93. The summed E-state index contributed by atoms with van der Waals surface area (Å²) in [5, 5.41) is 16.6. The molecule has 9 rings (SSSR count). The van der Waals surface area contributed by atoms with Crippen LogP contribution in [0.1, 0.15) is 107 Å². The van der Waals surface area contributed by atoms with E-state index in [2.05, 4.69) is 31.0 Å². The zero-order valence-electron chi connectivity index (χ0n) is 34.0. The van der Waals surface area contributed by atoms with Crippen LogP contribution in [0.15, 0.2) is 42.9 Å². The fourth-order valence-corrected chi connectivity index (χ4v) is 9.15. The first-order chi connectivity index (χ1) is 30.1. The second-order valence-corrected chi connectivity index (χ2v) is 16.4. The number of rotatable bonds is 17. The Labute approximate surface area is 354 Å². The molecule has 0 spiro atoms. The van der Waals surface area contributed by atoms with E-state index in [-0.39, 0.29) is 53.4 Å². The van der Waals surface area contributed by atoms with Gasteiger partial charge in [0.25, 0.3) is 24.1 Å². The molecule has 4 fully saturated rings. The third-order valence-electron chi connectivity index (χ3n) is 12.4. The van der Waals surface area contributed by atoms with Crippen molar-refractivity contribution in [2.75, 3.05) is 61.7 Å². The molecule has 1 unspecified atom stereocenters. The quantitative estimate of drug-likeness (QED) is 0.101. The standard InChI is InChI=1S/C42H48F2N10O8/c43-37(44)36-31(47-39(56)29-19-46-52-14-12-33(48-38(29)52)51-20-27-18-26(51)23-62-27)21-53(50-36)25-8-6-24(7-9-25)22-61-17-3-16-60-15-2-13-45-30-5-1-4-28-35(30)42(59)54(41(28)58)32-10-11-34(55)49-40(32)57/h1,4-5,12,14,19,21,24-27,32,37,45H,2-3,6-11,13,15-18,20,22-23H2,(H,47,56)(H,49,55,57)/t24-,25-,26-,27-,32?/m1/s1. The number of alkyl halides is 2. The lowest BCUT2D eigenvalue weighted by atomic mass is 9.86. The average Bonchev–Trinajstić information content (AvgIpc) is 4.12. The van der Waals surface area contributed by atoms with Gasteiger partial charge in [0, 0.05) is 64.0 Å². The first-order valence-corrected chi connectivity index (χ1v) is 21.3. The van der Waals surface area contributed by atoms with Gasteiger partial charge >= 0.3 is 0 Å². The van der Waals surface area contributed by atoms with Gasteiger partial charge in [0.1, 0.15) is 17.4 Å². The Bertz CT molecular complexity index is 2360. The molecule has 4 aliphatic heterocycles. The number of halogens is 2. The number of hydrogen-bond donors (Lipinski definition) is 3. The topological polar surface area (TPSA) is 204 Å². The monoisotopic (exact) mass is 858 g/mol. The Morgan fingerprint density at radius 2 is 1.79 bits per heavy atom. The predicted molar refractivity (Wildman–Crippen MR) is 217 cm³/mol. The maximum atomic E-state index is 14.2. The van der Waals surface area contributed by atoms with Gasteiger partial charge in [-0.2, -0.15) is 10.2 Å². The van der Waals surface area contributed by atoms with Gasteiger partial charge in [-0.25, -0.2) is 18.3 Å². The number of benzene rings is 1. The second kappa shape index (κ2) is 17.9. The highest BCUT2D eigenvalue weighted by Gasteiger charge is 2.46. The van der Waals surface area contributed by atoms with E-state index in [4.69, 9.17) is 19.2 Å². The molecule has 7 heterocycles. The Morgan fingerprint density at radius 3 is 2.56 bits per heavy atom. The van der Waals surface area contributed by atoms with Gasteiger partial charge in [0.15, 0.2) is 11.3 Å². The minimum absolute atomic E-state index is 0.0351. The molecule has 3 aromatic heterocycles. The number of nitrogens with one attached hydrogen (secondary N) is 3. The van der Waals surface area contributed by atoms with Gasteiger partial charge in [-0.3, -0.25) is 38.9 Å². The van der Waals surface area contributed by atoms with Crippen molar-refractivity contribution in [1.82, 2.24) is 34.6 Å². The number of anilines is 3. The number of hydrogen-bond acceptors (Lipinski definition) is 13. The maximum absolute atomic E-state index is 14.2. The molecule has 18 nitrogen and oxygen atoms in total. The molecule has 1 aromatic carbocycles. The van der Waals surface area contributed by atoms with Crippen LogP contribution in [0.5, 0.6) is 0 Å². The lowest BCUT2D eigenvalue weighted by molar-refractivity contribution is -0.136.